The van der Waals surface area contributed by atoms with Crippen molar-refractivity contribution in [3.63, 3.8) is 0 Å². The van der Waals surface area contributed by atoms with E-state index in [9.17, 15) is 14.9 Å². The number of hydrogen-bond donors (Lipinski definition) is 1. The van der Waals surface area contributed by atoms with E-state index in [1.807, 2.05) is 17.0 Å². The average Bonchev–Trinajstić information content (AvgIpc) is 3.20. The van der Waals surface area contributed by atoms with Gasteiger partial charge in [0.1, 0.15) is 5.75 Å². The smallest absolute Gasteiger partial charge is 0.270 e. The first-order chi connectivity index (χ1) is 12.6. The van der Waals surface area contributed by atoms with Crippen LogP contribution >= 0.6 is 0 Å². The van der Waals surface area contributed by atoms with E-state index < -0.39 is 4.92 Å². The van der Waals surface area contributed by atoms with Crippen molar-refractivity contribution in [1.82, 2.24) is 4.90 Å². The highest BCUT2D eigenvalue weighted by Crippen LogP contribution is 2.25. The Balaban J connectivity index is 1.67. The second-order valence-electron chi connectivity index (χ2n) is 6.18. The molecule has 3 rings (SSSR count). The normalized spacial score (nSPS) is 13.5. The summed E-state index contributed by atoms with van der Waals surface area (Å²) >= 11 is 0. The molecule has 0 saturated carbocycles. The number of non-ortho nitro benzene ring substituents is 1. The molecule has 136 valence electrons. The summed E-state index contributed by atoms with van der Waals surface area (Å²) in [5, 5.41) is 14.2. The first-order valence-electron chi connectivity index (χ1n) is 8.53. The first kappa shape index (κ1) is 17.7. The summed E-state index contributed by atoms with van der Waals surface area (Å²) in [7, 11) is 1.53. The van der Waals surface area contributed by atoms with Gasteiger partial charge in [0.05, 0.1) is 12.0 Å². The van der Waals surface area contributed by atoms with E-state index in [-0.39, 0.29) is 11.6 Å². The lowest BCUT2D eigenvalue weighted by Gasteiger charge is -2.15. The van der Waals surface area contributed by atoms with Crippen molar-refractivity contribution in [2.75, 3.05) is 25.5 Å². The molecule has 1 aliphatic heterocycles. The standard InChI is InChI=1S/C19H21N3O4/c1-26-18-9-8-17(22(24)25)12-15(18)13-20-16-6-4-14(5-7-16)19(23)21-10-2-3-11-21/h4-9,12,20H,2-3,10-11,13H2,1H3. The van der Waals surface area contributed by atoms with Gasteiger partial charge in [0.25, 0.3) is 11.6 Å². The third-order valence-corrected chi connectivity index (χ3v) is 4.48. The molecular weight excluding hydrogens is 334 g/mol. The van der Waals surface area contributed by atoms with Crippen LogP contribution in [0.4, 0.5) is 11.4 Å². The molecule has 0 unspecified atom stereocenters. The molecule has 1 amide bonds. The topological polar surface area (TPSA) is 84.7 Å². The van der Waals surface area contributed by atoms with Crippen molar-refractivity contribution < 1.29 is 14.5 Å². The van der Waals surface area contributed by atoms with Gasteiger partial charge < -0.3 is 15.0 Å². The SMILES string of the molecule is COc1ccc([N+](=O)[O-])cc1CNc1ccc(C(=O)N2CCCC2)cc1. The molecule has 0 aromatic heterocycles. The van der Waals surface area contributed by atoms with Crippen LogP contribution in [0.1, 0.15) is 28.8 Å². The average molecular weight is 355 g/mol. The van der Waals surface area contributed by atoms with Gasteiger partial charge in [-0.1, -0.05) is 0 Å². The Morgan fingerprint density at radius 3 is 2.50 bits per heavy atom. The van der Waals surface area contributed by atoms with E-state index in [2.05, 4.69) is 5.32 Å². The van der Waals surface area contributed by atoms with E-state index in [0.717, 1.165) is 31.6 Å². The van der Waals surface area contributed by atoms with Crippen LogP contribution in [0.2, 0.25) is 0 Å². The van der Waals surface area contributed by atoms with E-state index in [0.29, 0.717) is 23.4 Å². The predicted octanol–water partition coefficient (Wildman–Crippen LogP) is 3.45. The lowest BCUT2D eigenvalue weighted by Crippen LogP contribution is -2.27. The summed E-state index contributed by atoms with van der Waals surface area (Å²) in [6.07, 6.45) is 2.13. The van der Waals surface area contributed by atoms with Crippen molar-refractivity contribution >= 4 is 17.3 Å². The second-order valence-corrected chi connectivity index (χ2v) is 6.18. The number of methoxy groups -OCH3 is 1. The number of carbonyl (C=O) groups excluding carboxylic acids is 1. The van der Waals surface area contributed by atoms with Crippen molar-refractivity contribution in [3.05, 3.63) is 63.7 Å². The van der Waals surface area contributed by atoms with Crippen LogP contribution in [0.25, 0.3) is 0 Å². The minimum Gasteiger partial charge on any atom is -0.496 e. The number of nitro benzene ring substituents is 1. The fourth-order valence-corrected chi connectivity index (χ4v) is 3.05. The number of ether oxygens (including phenoxy) is 1. The third kappa shape index (κ3) is 3.93. The molecule has 0 radical (unpaired) electrons. The Kier molecular flexibility index (Phi) is 5.36. The number of nitrogens with one attached hydrogen (secondary N) is 1. The molecule has 7 nitrogen and oxygen atoms in total. The minimum absolute atomic E-state index is 0.0224. The minimum atomic E-state index is -0.429. The highest BCUT2D eigenvalue weighted by atomic mass is 16.6. The summed E-state index contributed by atoms with van der Waals surface area (Å²) in [6.45, 7) is 2.03. The fourth-order valence-electron chi connectivity index (χ4n) is 3.05. The molecule has 1 aliphatic rings. The number of rotatable bonds is 6. The van der Waals surface area contributed by atoms with Crippen molar-refractivity contribution in [2.24, 2.45) is 0 Å². The Bertz CT molecular complexity index is 799. The zero-order chi connectivity index (χ0) is 18.5. The van der Waals surface area contributed by atoms with Gasteiger partial charge in [0.2, 0.25) is 0 Å². The van der Waals surface area contributed by atoms with Crippen molar-refractivity contribution in [1.29, 1.82) is 0 Å². The zero-order valence-corrected chi connectivity index (χ0v) is 14.6. The van der Waals surface area contributed by atoms with Gasteiger partial charge in [-0.3, -0.25) is 14.9 Å². The monoisotopic (exact) mass is 355 g/mol. The number of likely N-dealkylation sites (tertiary alicyclic amines) is 1. The van der Waals surface area contributed by atoms with E-state index >= 15 is 0 Å². The number of hydrogen-bond acceptors (Lipinski definition) is 5. The largest absolute Gasteiger partial charge is 0.496 e. The molecule has 1 fully saturated rings. The van der Waals surface area contributed by atoms with Gasteiger partial charge >= 0.3 is 0 Å². The van der Waals surface area contributed by atoms with Crippen LogP contribution in [-0.2, 0) is 6.54 Å². The van der Waals surface area contributed by atoms with Crippen LogP contribution in [0.3, 0.4) is 0 Å². The summed E-state index contributed by atoms with van der Waals surface area (Å²) in [6, 6.07) is 11.8. The number of anilines is 1. The molecule has 0 atom stereocenters. The maximum absolute atomic E-state index is 12.3. The Morgan fingerprint density at radius 1 is 1.19 bits per heavy atom. The zero-order valence-electron chi connectivity index (χ0n) is 14.6. The molecular formula is C19H21N3O4. The van der Waals surface area contributed by atoms with Crippen molar-refractivity contribution in [3.8, 4) is 5.75 Å². The first-order valence-corrected chi connectivity index (χ1v) is 8.53. The van der Waals surface area contributed by atoms with Crippen LogP contribution in [0.5, 0.6) is 5.75 Å². The molecule has 0 bridgehead atoms. The highest BCUT2D eigenvalue weighted by molar-refractivity contribution is 5.94. The summed E-state index contributed by atoms with van der Waals surface area (Å²) in [5.74, 6) is 0.651. The summed E-state index contributed by atoms with van der Waals surface area (Å²) < 4.78 is 5.26. The molecule has 7 heteroatoms. The van der Waals surface area contributed by atoms with Crippen LogP contribution in [-0.4, -0.2) is 35.9 Å². The lowest BCUT2D eigenvalue weighted by molar-refractivity contribution is -0.384. The third-order valence-electron chi connectivity index (χ3n) is 4.48. The molecule has 1 saturated heterocycles. The number of carbonyl (C=O) groups is 1. The van der Waals surface area contributed by atoms with E-state index in [4.69, 9.17) is 4.74 Å². The summed E-state index contributed by atoms with van der Waals surface area (Å²) in [5.41, 5.74) is 2.22. The summed E-state index contributed by atoms with van der Waals surface area (Å²) in [4.78, 5) is 24.7. The Morgan fingerprint density at radius 2 is 1.88 bits per heavy atom. The fraction of sp³-hybridized carbons (Fsp3) is 0.316. The van der Waals surface area contributed by atoms with Crippen LogP contribution in [0, 0.1) is 10.1 Å². The van der Waals surface area contributed by atoms with Gasteiger partial charge in [-0.05, 0) is 43.2 Å². The van der Waals surface area contributed by atoms with Crippen LogP contribution in [0.15, 0.2) is 42.5 Å². The molecule has 2 aromatic rings. The molecule has 1 heterocycles. The van der Waals surface area contributed by atoms with Gasteiger partial charge in [-0.25, -0.2) is 0 Å². The van der Waals surface area contributed by atoms with Gasteiger partial charge in [0.15, 0.2) is 0 Å². The van der Waals surface area contributed by atoms with E-state index in [1.54, 1.807) is 18.2 Å². The number of amides is 1. The number of nitrogens with zero attached hydrogens (tertiary/aromatic N) is 2. The molecule has 0 spiro atoms. The quantitative estimate of drug-likeness (QED) is 0.634. The maximum Gasteiger partial charge on any atom is 0.270 e. The van der Waals surface area contributed by atoms with E-state index in [1.165, 1.54) is 19.2 Å². The second kappa shape index (κ2) is 7.86. The highest BCUT2D eigenvalue weighted by Gasteiger charge is 2.19. The molecule has 26 heavy (non-hydrogen) atoms. The van der Waals surface area contributed by atoms with Crippen molar-refractivity contribution in [2.45, 2.75) is 19.4 Å². The van der Waals surface area contributed by atoms with Crippen LogP contribution < -0.4 is 10.1 Å². The van der Waals surface area contributed by atoms with Gasteiger partial charge in [-0.15, -0.1) is 0 Å². The molecule has 0 aliphatic carbocycles. The molecule has 2 aromatic carbocycles. The Labute approximate surface area is 151 Å². The molecule has 1 N–H and O–H groups in total. The number of nitro groups is 1. The lowest BCUT2D eigenvalue weighted by atomic mass is 10.1. The maximum atomic E-state index is 12.3. The van der Waals surface area contributed by atoms with Gasteiger partial charge in [-0.2, -0.15) is 0 Å². The number of benzene rings is 2. The van der Waals surface area contributed by atoms with Gasteiger partial charge in [0, 0.05) is 48.6 Å². The predicted molar refractivity (Wildman–Crippen MR) is 98.6 cm³/mol. The Hall–Kier alpha value is -3.09.